The summed E-state index contributed by atoms with van der Waals surface area (Å²) in [6.45, 7) is 12.4. The molecule has 0 fully saturated rings. The third kappa shape index (κ3) is 2.74. The summed E-state index contributed by atoms with van der Waals surface area (Å²) in [7, 11) is 0. The molecule has 0 amide bonds. The zero-order valence-corrected chi connectivity index (χ0v) is 12.3. The number of carbonyl (C=O) groups excluding carboxylic acids is 1. The number of hydrogen-bond acceptors (Lipinski definition) is 2. The van der Waals surface area contributed by atoms with Crippen LogP contribution in [0.3, 0.4) is 0 Å². The highest BCUT2D eigenvalue weighted by Crippen LogP contribution is 2.40. The number of aldehydes is 1. The average molecular weight is 248 g/mol. The standard InChI is InChI=1S/C16H24O2/c1-7-16(5,6)13-9-11(10-17)8-12(14(13)18)15(2,3)4/h8-10,18H,7H2,1-6H3. The Morgan fingerprint density at radius 1 is 1.11 bits per heavy atom. The van der Waals surface area contributed by atoms with Crippen molar-refractivity contribution in [2.75, 3.05) is 0 Å². The molecule has 0 aliphatic heterocycles. The second-order valence-electron chi connectivity index (χ2n) is 6.57. The van der Waals surface area contributed by atoms with Crippen LogP contribution in [0, 0.1) is 0 Å². The van der Waals surface area contributed by atoms with Gasteiger partial charge >= 0.3 is 0 Å². The van der Waals surface area contributed by atoms with E-state index in [-0.39, 0.29) is 10.8 Å². The van der Waals surface area contributed by atoms with E-state index in [1.165, 1.54) is 0 Å². The Bertz CT molecular complexity index is 451. The minimum Gasteiger partial charge on any atom is -0.507 e. The van der Waals surface area contributed by atoms with Crippen molar-refractivity contribution in [1.82, 2.24) is 0 Å². The summed E-state index contributed by atoms with van der Waals surface area (Å²) in [5, 5.41) is 10.5. The van der Waals surface area contributed by atoms with E-state index < -0.39 is 0 Å². The van der Waals surface area contributed by atoms with E-state index in [1.54, 1.807) is 12.1 Å². The molecule has 0 radical (unpaired) electrons. The van der Waals surface area contributed by atoms with Gasteiger partial charge in [0.15, 0.2) is 0 Å². The maximum Gasteiger partial charge on any atom is 0.150 e. The minimum atomic E-state index is -0.179. The second-order valence-corrected chi connectivity index (χ2v) is 6.57. The van der Waals surface area contributed by atoms with Crippen LogP contribution in [-0.4, -0.2) is 11.4 Å². The van der Waals surface area contributed by atoms with Gasteiger partial charge in [0.1, 0.15) is 12.0 Å². The lowest BCUT2D eigenvalue weighted by Crippen LogP contribution is -2.19. The highest BCUT2D eigenvalue weighted by molar-refractivity contribution is 5.77. The van der Waals surface area contributed by atoms with Gasteiger partial charge in [0.2, 0.25) is 0 Å². The fourth-order valence-electron chi connectivity index (χ4n) is 2.00. The molecule has 0 heterocycles. The first-order valence-corrected chi connectivity index (χ1v) is 6.46. The number of phenols is 1. The zero-order valence-electron chi connectivity index (χ0n) is 12.3. The van der Waals surface area contributed by atoms with Crippen molar-refractivity contribution in [3.8, 4) is 5.75 Å². The van der Waals surface area contributed by atoms with E-state index >= 15 is 0 Å². The Hall–Kier alpha value is -1.31. The SMILES string of the molecule is CCC(C)(C)c1cc(C=O)cc(C(C)(C)C)c1O. The maximum atomic E-state index is 11.1. The van der Waals surface area contributed by atoms with Crippen LogP contribution >= 0.6 is 0 Å². The summed E-state index contributed by atoms with van der Waals surface area (Å²) >= 11 is 0. The van der Waals surface area contributed by atoms with Gasteiger partial charge in [-0.25, -0.2) is 0 Å². The molecule has 0 saturated heterocycles. The Morgan fingerprint density at radius 3 is 2.00 bits per heavy atom. The van der Waals surface area contributed by atoms with Crippen LogP contribution < -0.4 is 0 Å². The Balaban J connectivity index is 3.59. The van der Waals surface area contributed by atoms with E-state index in [0.717, 1.165) is 23.8 Å². The molecule has 1 aromatic carbocycles. The number of benzene rings is 1. The van der Waals surface area contributed by atoms with Gasteiger partial charge in [-0.2, -0.15) is 0 Å². The van der Waals surface area contributed by atoms with Crippen LogP contribution in [0.1, 0.15) is 69.4 Å². The molecule has 2 heteroatoms. The van der Waals surface area contributed by atoms with E-state index in [9.17, 15) is 9.90 Å². The highest BCUT2D eigenvalue weighted by atomic mass is 16.3. The normalized spacial score (nSPS) is 12.6. The van der Waals surface area contributed by atoms with Gasteiger partial charge < -0.3 is 5.11 Å². The lowest BCUT2D eigenvalue weighted by Gasteiger charge is -2.29. The van der Waals surface area contributed by atoms with Crippen molar-refractivity contribution >= 4 is 6.29 Å². The van der Waals surface area contributed by atoms with Crippen LogP contribution in [0.5, 0.6) is 5.75 Å². The molecule has 0 bridgehead atoms. The van der Waals surface area contributed by atoms with Crippen molar-refractivity contribution in [2.45, 2.75) is 58.8 Å². The molecule has 0 aromatic heterocycles. The number of aromatic hydroxyl groups is 1. The monoisotopic (exact) mass is 248 g/mol. The van der Waals surface area contributed by atoms with Crippen molar-refractivity contribution < 1.29 is 9.90 Å². The van der Waals surface area contributed by atoms with Crippen LogP contribution in [0.2, 0.25) is 0 Å². The molecule has 1 rings (SSSR count). The third-order valence-electron chi connectivity index (χ3n) is 3.69. The highest BCUT2D eigenvalue weighted by Gasteiger charge is 2.28. The molecule has 100 valence electrons. The number of hydrogen-bond donors (Lipinski definition) is 1. The minimum absolute atomic E-state index is 0.136. The van der Waals surface area contributed by atoms with Crippen LogP contribution in [0.15, 0.2) is 12.1 Å². The van der Waals surface area contributed by atoms with Crippen LogP contribution in [0.4, 0.5) is 0 Å². The molecular formula is C16H24O2. The topological polar surface area (TPSA) is 37.3 Å². The summed E-state index contributed by atoms with van der Waals surface area (Å²) in [6, 6.07) is 3.60. The predicted octanol–water partition coefficient (Wildman–Crippen LogP) is 4.19. The Labute approximate surface area is 110 Å². The smallest absolute Gasteiger partial charge is 0.150 e. The van der Waals surface area contributed by atoms with Crippen LogP contribution in [-0.2, 0) is 10.8 Å². The number of carbonyl (C=O) groups is 1. The van der Waals surface area contributed by atoms with Gasteiger partial charge in [-0.05, 0) is 29.4 Å². The van der Waals surface area contributed by atoms with Crippen LogP contribution in [0.25, 0.3) is 0 Å². The molecule has 1 aromatic rings. The quantitative estimate of drug-likeness (QED) is 0.814. The first kappa shape index (κ1) is 14.7. The Kier molecular flexibility index (Phi) is 3.89. The molecular weight excluding hydrogens is 224 g/mol. The average Bonchev–Trinajstić information content (AvgIpc) is 2.27. The molecule has 0 aliphatic carbocycles. The fraction of sp³-hybridized carbons (Fsp3) is 0.562. The van der Waals surface area contributed by atoms with E-state index in [0.29, 0.717) is 11.3 Å². The molecule has 0 unspecified atom stereocenters. The summed E-state index contributed by atoms with van der Waals surface area (Å²) in [5.41, 5.74) is 2.02. The summed E-state index contributed by atoms with van der Waals surface area (Å²) < 4.78 is 0. The van der Waals surface area contributed by atoms with Crippen molar-refractivity contribution in [1.29, 1.82) is 0 Å². The lowest BCUT2D eigenvalue weighted by atomic mass is 9.76. The molecule has 0 aliphatic rings. The van der Waals surface area contributed by atoms with Gasteiger partial charge in [0, 0.05) is 16.7 Å². The zero-order chi connectivity index (χ0) is 14.1. The molecule has 2 nitrogen and oxygen atoms in total. The summed E-state index contributed by atoms with van der Waals surface area (Å²) in [5.74, 6) is 0.333. The molecule has 0 atom stereocenters. The van der Waals surface area contributed by atoms with E-state index in [2.05, 4.69) is 20.8 Å². The van der Waals surface area contributed by atoms with Gasteiger partial charge in [-0.3, -0.25) is 4.79 Å². The molecule has 0 spiro atoms. The van der Waals surface area contributed by atoms with E-state index in [4.69, 9.17) is 0 Å². The molecule has 18 heavy (non-hydrogen) atoms. The van der Waals surface area contributed by atoms with Crippen molar-refractivity contribution in [3.05, 3.63) is 28.8 Å². The van der Waals surface area contributed by atoms with Gasteiger partial charge in [-0.1, -0.05) is 41.5 Å². The molecule has 1 N–H and O–H groups in total. The summed E-state index contributed by atoms with van der Waals surface area (Å²) in [6.07, 6.45) is 1.76. The predicted molar refractivity (Wildman–Crippen MR) is 75.5 cm³/mol. The fourth-order valence-corrected chi connectivity index (χ4v) is 2.00. The second kappa shape index (κ2) is 4.75. The van der Waals surface area contributed by atoms with Crippen molar-refractivity contribution in [2.24, 2.45) is 0 Å². The first-order valence-electron chi connectivity index (χ1n) is 6.46. The first-order chi connectivity index (χ1) is 8.13. The third-order valence-corrected chi connectivity index (χ3v) is 3.69. The van der Waals surface area contributed by atoms with Gasteiger partial charge in [0.25, 0.3) is 0 Å². The molecule has 0 saturated carbocycles. The number of phenolic OH excluding ortho intramolecular Hbond substituents is 1. The van der Waals surface area contributed by atoms with E-state index in [1.807, 2.05) is 20.8 Å². The summed E-state index contributed by atoms with van der Waals surface area (Å²) in [4.78, 5) is 11.1. The maximum absolute atomic E-state index is 11.1. The van der Waals surface area contributed by atoms with Crippen molar-refractivity contribution in [3.63, 3.8) is 0 Å². The largest absolute Gasteiger partial charge is 0.507 e. The Morgan fingerprint density at radius 2 is 1.61 bits per heavy atom. The number of rotatable bonds is 3. The van der Waals surface area contributed by atoms with Gasteiger partial charge in [-0.15, -0.1) is 0 Å². The van der Waals surface area contributed by atoms with Gasteiger partial charge in [0.05, 0.1) is 0 Å². The lowest BCUT2D eigenvalue weighted by molar-refractivity contribution is 0.112.